The summed E-state index contributed by atoms with van der Waals surface area (Å²) in [5.74, 6) is 0.0223. The van der Waals surface area contributed by atoms with E-state index in [2.05, 4.69) is 33.8 Å². The van der Waals surface area contributed by atoms with Crippen molar-refractivity contribution in [3.63, 3.8) is 0 Å². The Bertz CT molecular complexity index is 2100. The SMILES string of the molecule is CCCCc1cnc(-c2ccc(Cc3c(Oc4ccc(C#N)c(F)c4Cc4ccc(-c5ncc(CCCC)cn5)cc4)ccc(C#N)c3F)cc2)nc1. The average Bonchev–Trinajstić information content (AvgIpc) is 3.20. The second-order valence-electron chi connectivity index (χ2n) is 12.9. The Morgan fingerprint density at radius 1 is 0.528 bits per heavy atom. The van der Waals surface area contributed by atoms with Gasteiger partial charge in [0, 0.05) is 59.9 Å². The maximum absolute atomic E-state index is 15.8. The van der Waals surface area contributed by atoms with Crippen LogP contribution in [0.25, 0.3) is 22.8 Å². The van der Waals surface area contributed by atoms with E-state index in [4.69, 9.17) is 4.74 Å². The monoisotopic (exact) mass is 704 g/mol. The molecule has 0 bridgehead atoms. The van der Waals surface area contributed by atoms with Gasteiger partial charge in [-0.15, -0.1) is 0 Å². The third-order valence-corrected chi connectivity index (χ3v) is 9.10. The normalized spacial score (nSPS) is 10.8. The fourth-order valence-electron chi connectivity index (χ4n) is 6.00. The predicted octanol–water partition coefficient (Wildman–Crippen LogP) is 10.3. The summed E-state index contributed by atoms with van der Waals surface area (Å²) in [6, 6.07) is 24.4. The molecule has 0 amide bonds. The maximum atomic E-state index is 15.8. The molecule has 6 aromatic rings. The first-order valence-corrected chi connectivity index (χ1v) is 17.8. The van der Waals surface area contributed by atoms with Crippen LogP contribution in [0, 0.1) is 34.3 Å². The van der Waals surface area contributed by atoms with Gasteiger partial charge in [0.05, 0.1) is 11.1 Å². The Kier molecular flexibility index (Phi) is 11.9. The molecular formula is C44H38F2N6O. The number of halogens is 2. The summed E-state index contributed by atoms with van der Waals surface area (Å²) in [6.07, 6.45) is 13.8. The first kappa shape index (κ1) is 36.5. The van der Waals surface area contributed by atoms with Gasteiger partial charge in [0.25, 0.3) is 0 Å². The molecule has 0 spiro atoms. The predicted molar refractivity (Wildman–Crippen MR) is 200 cm³/mol. The van der Waals surface area contributed by atoms with Crippen LogP contribution >= 0.6 is 0 Å². The van der Waals surface area contributed by atoms with Gasteiger partial charge >= 0.3 is 0 Å². The Labute approximate surface area is 308 Å². The van der Waals surface area contributed by atoms with Gasteiger partial charge in [-0.1, -0.05) is 75.2 Å². The van der Waals surface area contributed by atoms with E-state index in [-0.39, 0.29) is 46.6 Å². The lowest BCUT2D eigenvalue weighted by Crippen LogP contribution is -2.04. The van der Waals surface area contributed by atoms with Crippen molar-refractivity contribution in [2.24, 2.45) is 0 Å². The van der Waals surface area contributed by atoms with Gasteiger partial charge < -0.3 is 4.74 Å². The molecule has 0 fully saturated rings. The summed E-state index contributed by atoms with van der Waals surface area (Å²) in [4.78, 5) is 18.1. The minimum Gasteiger partial charge on any atom is -0.457 e. The van der Waals surface area contributed by atoms with Gasteiger partial charge in [-0.2, -0.15) is 10.5 Å². The van der Waals surface area contributed by atoms with Gasteiger partial charge in [-0.3, -0.25) is 0 Å². The molecule has 53 heavy (non-hydrogen) atoms. The molecule has 0 aliphatic rings. The molecule has 0 unspecified atom stereocenters. The number of aromatic nitrogens is 4. The summed E-state index contributed by atoms with van der Waals surface area (Å²) >= 11 is 0. The Morgan fingerprint density at radius 3 is 1.25 bits per heavy atom. The molecule has 0 radical (unpaired) electrons. The number of nitriles is 2. The molecule has 9 heteroatoms. The fourth-order valence-corrected chi connectivity index (χ4v) is 6.00. The molecule has 0 saturated heterocycles. The zero-order valence-electron chi connectivity index (χ0n) is 29.7. The van der Waals surface area contributed by atoms with Crippen molar-refractivity contribution < 1.29 is 13.5 Å². The van der Waals surface area contributed by atoms with E-state index in [1.165, 1.54) is 24.3 Å². The van der Waals surface area contributed by atoms with Crippen molar-refractivity contribution in [3.8, 4) is 46.4 Å². The van der Waals surface area contributed by atoms with Crippen LogP contribution in [0.4, 0.5) is 8.78 Å². The van der Waals surface area contributed by atoms with Crippen LogP contribution in [0.5, 0.6) is 11.5 Å². The highest BCUT2D eigenvalue weighted by molar-refractivity contribution is 5.58. The largest absolute Gasteiger partial charge is 0.457 e. The Morgan fingerprint density at radius 2 is 0.906 bits per heavy atom. The molecule has 2 aromatic heterocycles. The van der Waals surface area contributed by atoms with E-state index in [1.54, 1.807) is 0 Å². The molecule has 0 aliphatic carbocycles. The van der Waals surface area contributed by atoms with Gasteiger partial charge in [-0.25, -0.2) is 28.7 Å². The fraction of sp³-hybridized carbons (Fsp3) is 0.227. The van der Waals surface area contributed by atoms with E-state index < -0.39 is 11.6 Å². The highest BCUT2D eigenvalue weighted by Gasteiger charge is 2.21. The molecule has 0 atom stereocenters. The van der Waals surface area contributed by atoms with Crippen LogP contribution in [-0.2, 0) is 25.7 Å². The molecule has 264 valence electrons. The molecule has 0 N–H and O–H groups in total. The maximum Gasteiger partial charge on any atom is 0.159 e. The summed E-state index contributed by atoms with van der Waals surface area (Å²) < 4.78 is 38.0. The molecule has 0 aliphatic heterocycles. The van der Waals surface area contributed by atoms with Crippen LogP contribution in [0.15, 0.2) is 97.6 Å². The number of hydrogen-bond acceptors (Lipinski definition) is 7. The second-order valence-corrected chi connectivity index (χ2v) is 12.9. The van der Waals surface area contributed by atoms with Crippen molar-refractivity contribution in [2.45, 2.75) is 65.2 Å². The molecular weight excluding hydrogens is 667 g/mol. The zero-order chi connectivity index (χ0) is 37.2. The smallest absolute Gasteiger partial charge is 0.159 e. The van der Waals surface area contributed by atoms with E-state index in [1.807, 2.05) is 85.5 Å². The minimum atomic E-state index is -0.716. The van der Waals surface area contributed by atoms with Crippen molar-refractivity contribution >= 4 is 0 Å². The summed E-state index contributed by atoms with van der Waals surface area (Å²) in [5, 5.41) is 19.2. The van der Waals surface area contributed by atoms with Crippen LogP contribution in [-0.4, -0.2) is 19.9 Å². The quantitative estimate of drug-likeness (QED) is 0.111. The van der Waals surface area contributed by atoms with E-state index in [0.29, 0.717) is 11.6 Å². The highest BCUT2D eigenvalue weighted by atomic mass is 19.1. The van der Waals surface area contributed by atoms with Gasteiger partial charge in [0.1, 0.15) is 35.3 Å². The molecule has 2 heterocycles. The van der Waals surface area contributed by atoms with Crippen molar-refractivity contribution in [1.29, 1.82) is 10.5 Å². The first-order valence-electron chi connectivity index (χ1n) is 17.8. The van der Waals surface area contributed by atoms with Crippen LogP contribution in [0.1, 0.15) is 84.0 Å². The lowest BCUT2D eigenvalue weighted by Gasteiger charge is -2.17. The topological polar surface area (TPSA) is 108 Å². The summed E-state index contributed by atoms with van der Waals surface area (Å²) in [6.45, 7) is 4.29. The number of unbranched alkanes of at least 4 members (excludes halogenated alkanes) is 2. The number of nitrogens with zero attached hydrogens (tertiary/aromatic N) is 6. The summed E-state index contributed by atoms with van der Waals surface area (Å²) in [7, 11) is 0. The second kappa shape index (κ2) is 17.3. The molecule has 6 rings (SSSR count). The summed E-state index contributed by atoms with van der Waals surface area (Å²) in [5.41, 5.74) is 5.36. The van der Waals surface area contributed by atoms with Crippen LogP contribution in [0.3, 0.4) is 0 Å². The van der Waals surface area contributed by atoms with Gasteiger partial charge in [0.15, 0.2) is 11.6 Å². The van der Waals surface area contributed by atoms with Crippen molar-refractivity contribution in [2.75, 3.05) is 0 Å². The standard InChI is InChI=1S/C44H38F2N6O/c1-3-5-7-31-25-49-43(50-26-31)33-13-9-29(10-14-33)21-37-39(19-17-35(23-47)41(37)45)53-40-20-18-36(24-48)42(46)38(40)22-30-11-15-34(16-12-30)44-51-27-32(28-52-44)8-6-4-2/h9-20,25-28H,3-8,21-22H2,1-2H3. The third-order valence-electron chi connectivity index (χ3n) is 9.10. The number of aryl methyl sites for hydroxylation is 2. The lowest BCUT2D eigenvalue weighted by atomic mass is 9.98. The number of hydrogen-bond donors (Lipinski definition) is 0. The van der Waals surface area contributed by atoms with Crippen molar-refractivity contribution in [1.82, 2.24) is 19.9 Å². The Hall–Kier alpha value is -6.32. The molecule has 0 saturated carbocycles. The average molecular weight is 705 g/mol. The third kappa shape index (κ3) is 8.77. The van der Waals surface area contributed by atoms with Gasteiger partial charge in [0.2, 0.25) is 0 Å². The Balaban J connectivity index is 1.25. The highest BCUT2D eigenvalue weighted by Crippen LogP contribution is 2.36. The van der Waals surface area contributed by atoms with Gasteiger partial charge in [-0.05, 0) is 72.2 Å². The molecule has 7 nitrogen and oxygen atoms in total. The zero-order valence-corrected chi connectivity index (χ0v) is 29.7. The number of benzene rings is 4. The van der Waals surface area contributed by atoms with E-state index >= 15 is 8.78 Å². The van der Waals surface area contributed by atoms with E-state index in [9.17, 15) is 10.5 Å². The molecule has 4 aromatic carbocycles. The van der Waals surface area contributed by atoms with Crippen LogP contribution in [0.2, 0.25) is 0 Å². The minimum absolute atomic E-state index is 0.102. The number of ether oxygens (including phenoxy) is 1. The lowest BCUT2D eigenvalue weighted by molar-refractivity contribution is 0.456. The van der Waals surface area contributed by atoms with Crippen molar-refractivity contribution in [3.05, 3.63) is 154 Å². The van der Waals surface area contributed by atoms with E-state index in [0.717, 1.165) is 71.9 Å². The first-order chi connectivity index (χ1) is 25.9. The number of rotatable bonds is 14. The van der Waals surface area contributed by atoms with Crippen LogP contribution < -0.4 is 4.74 Å².